The predicted molar refractivity (Wildman–Crippen MR) is 58.5 cm³/mol. The van der Waals surface area contributed by atoms with Gasteiger partial charge in [-0.25, -0.2) is 4.98 Å². The largest absolute Gasteiger partial charge is 0.362 e. The molecule has 0 unspecified atom stereocenters. The second-order valence-electron chi connectivity index (χ2n) is 2.90. The van der Waals surface area contributed by atoms with Crippen LogP contribution in [-0.2, 0) is 7.05 Å². The number of aryl methyl sites for hydroxylation is 1. The van der Waals surface area contributed by atoms with Gasteiger partial charge >= 0.3 is 0 Å². The number of hydrogen-bond acceptors (Lipinski definition) is 4. The summed E-state index contributed by atoms with van der Waals surface area (Å²) in [6, 6.07) is 1.99. The number of aromatic nitrogens is 3. The summed E-state index contributed by atoms with van der Waals surface area (Å²) in [5, 5.41) is 8.27. The Labute approximate surface area is 86.6 Å². The van der Waals surface area contributed by atoms with Crippen molar-refractivity contribution in [2.24, 2.45) is 7.05 Å². The first-order valence-electron chi connectivity index (χ1n) is 4.49. The Hall–Kier alpha value is -1.36. The number of hydrogen-bond donors (Lipinski definition) is 1. The van der Waals surface area contributed by atoms with E-state index in [1.165, 1.54) is 0 Å². The van der Waals surface area contributed by atoms with Crippen LogP contribution in [0.4, 0.5) is 5.13 Å². The van der Waals surface area contributed by atoms with E-state index < -0.39 is 0 Å². The highest BCUT2D eigenvalue weighted by molar-refractivity contribution is 7.18. The zero-order valence-corrected chi connectivity index (χ0v) is 9.01. The van der Waals surface area contributed by atoms with Crippen LogP contribution in [-0.4, -0.2) is 21.3 Å². The molecule has 5 heteroatoms. The summed E-state index contributed by atoms with van der Waals surface area (Å²) in [6.45, 7) is 2.96. The molecule has 0 atom stereocenters. The molecule has 0 bridgehead atoms. The van der Waals surface area contributed by atoms with Crippen LogP contribution in [0.1, 0.15) is 6.92 Å². The highest BCUT2D eigenvalue weighted by Crippen LogP contribution is 2.27. The lowest BCUT2D eigenvalue weighted by Crippen LogP contribution is -1.94. The zero-order chi connectivity index (χ0) is 9.97. The Kier molecular flexibility index (Phi) is 2.49. The molecule has 0 fully saturated rings. The lowest BCUT2D eigenvalue weighted by Gasteiger charge is -1.96. The van der Waals surface area contributed by atoms with E-state index in [2.05, 4.69) is 22.3 Å². The van der Waals surface area contributed by atoms with Gasteiger partial charge < -0.3 is 5.32 Å². The molecule has 0 aliphatic heterocycles. The van der Waals surface area contributed by atoms with Crippen molar-refractivity contribution in [3.05, 3.63) is 18.5 Å². The van der Waals surface area contributed by atoms with Crippen molar-refractivity contribution < 1.29 is 0 Å². The Morgan fingerprint density at radius 3 is 3.07 bits per heavy atom. The molecule has 2 rings (SSSR count). The van der Waals surface area contributed by atoms with Gasteiger partial charge in [-0.3, -0.25) is 4.68 Å². The van der Waals surface area contributed by atoms with E-state index in [0.717, 1.165) is 22.2 Å². The first-order chi connectivity index (χ1) is 6.81. The highest BCUT2D eigenvalue weighted by Gasteiger charge is 2.06. The minimum atomic E-state index is 0.901. The van der Waals surface area contributed by atoms with Crippen LogP contribution in [0.2, 0.25) is 0 Å². The van der Waals surface area contributed by atoms with E-state index in [1.807, 2.05) is 24.0 Å². The van der Waals surface area contributed by atoms with Crippen molar-refractivity contribution >= 4 is 16.5 Å². The van der Waals surface area contributed by atoms with Crippen LogP contribution in [0.25, 0.3) is 10.6 Å². The Balaban J connectivity index is 2.29. The molecule has 0 aromatic carbocycles. The summed E-state index contributed by atoms with van der Waals surface area (Å²) >= 11 is 1.65. The molecule has 0 aliphatic rings. The molecule has 1 N–H and O–H groups in total. The van der Waals surface area contributed by atoms with E-state index in [4.69, 9.17) is 0 Å². The highest BCUT2D eigenvalue weighted by atomic mass is 32.1. The lowest BCUT2D eigenvalue weighted by molar-refractivity contribution is 0.777. The first-order valence-corrected chi connectivity index (χ1v) is 5.31. The lowest BCUT2D eigenvalue weighted by atomic mass is 10.4. The summed E-state index contributed by atoms with van der Waals surface area (Å²) in [6.07, 6.45) is 3.67. The summed E-state index contributed by atoms with van der Waals surface area (Å²) in [7, 11) is 1.93. The molecule has 2 heterocycles. The zero-order valence-electron chi connectivity index (χ0n) is 8.19. The first kappa shape index (κ1) is 9.21. The van der Waals surface area contributed by atoms with Gasteiger partial charge in [0.25, 0.3) is 0 Å². The molecule has 2 aromatic heterocycles. The molecule has 14 heavy (non-hydrogen) atoms. The summed E-state index contributed by atoms with van der Waals surface area (Å²) in [4.78, 5) is 5.41. The van der Waals surface area contributed by atoms with Crippen molar-refractivity contribution in [3.63, 3.8) is 0 Å². The molecule has 0 saturated carbocycles. The minimum Gasteiger partial charge on any atom is -0.362 e. The number of rotatable bonds is 3. The van der Waals surface area contributed by atoms with Gasteiger partial charge in [-0.05, 0) is 13.0 Å². The summed E-state index contributed by atoms with van der Waals surface area (Å²) < 4.78 is 1.85. The van der Waals surface area contributed by atoms with Gasteiger partial charge in [-0.1, -0.05) is 11.3 Å². The molecule has 0 spiro atoms. The van der Waals surface area contributed by atoms with E-state index in [-0.39, 0.29) is 0 Å². The SMILES string of the molecule is CCNc1ncc(-c2ccnn2C)s1. The molecule has 0 saturated heterocycles. The van der Waals surface area contributed by atoms with Crippen LogP contribution in [0, 0.1) is 0 Å². The van der Waals surface area contributed by atoms with Gasteiger partial charge in [0.15, 0.2) is 5.13 Å². The molecule has 0 radical (unpaired) electrons. The van der Waals surface area contributed by atoms with Gasteiger partial charge in [-0.2, -0.15) is 5.10 Å². The maximum Gasteiger partial charge on any atom is 0.183 e. The fourth-order valence-electron chi connectivity index (χ4n) is 1.24. The topological polar surface area (TPSA) is 42.7 Å². The average Bonchev–Trinajstić information content (AvgIpc) is 2.74. The Morgan fingerprint density at radius 2 is 2.43 bits per heavy atom. The fourth-order valence-corrected chi connectivity index (χ4v) is 2.18. The van der Waals surface area contributed by atoms with Gasteiger partial charge in [0.2, 0.25) is 0 Å². The molecular weight excluding hydrogens is 196 g/mol. The normalized spacial score (nSPS) is 10.4. The van der Waals surface area contributed by atoms with Gasteiger partial charge in [0, 0.05) is 26.0 Å². The van der Waals surface area contributed by atoms with Crippen LogP contribution >= 0.6 is 11.3 Å². The minimum absolute atomic E-state index is 0.901. The summed E-state index contributed by atoms with van der Waals surface area (Å²) in [5.74, 6) is 0. The Bertz CT molecular complexity index is 418. The van der Waals surface area contributed by atoms with Crippen molar-refractivity contribution in [3.8, 4) is 10.6 Å². The smallest absolute Gasteiger partial charge is 0.183 e. The van der Waals surface area contributed by atoms with Crippen LogP contribution < -0.4 is 5.32 Å². The van der Waals surface area contributed by atoms with Crippen molar-refractivity contribution in [2.75, 3.05) is 11.9 Å². The molecule has 4 nitrogen and oxygen atoms in total. The van der Waals surface area contributed by atoms with Crippen LogP contribution in [0.3, 0.4) is 0 Å². The van der Waals surface area contributed by atoms with Gasteiger partial charge in [-0.15, -0.1) is 0 Å². The maximum atomic E-state index is 4.27. The second kappa shape index (κ2) is 3.79. The van der Waals surface area contributed by atoms with E-state index in [1.54, 1.807) is 17.5 Å². The van der Waals surface area contributed by atoms with E-state index in [9.17, 15) is 0 Å². The van der Waals surface area contributed by atoms with Crippen molar-refractivity contribution in [1.29, 1.82) is 0 Å². The summed E-state index contributed by atoms with van der Waals surface area (Å²) in [5.41, 5.74) is 1.10. The van der Waals surface area contributed by atoms with Crippen molar-refractivity contribution in [1.82, 2.24) is 14.8 Å². The molecule has 2 aromatic rings. The maximum absolute atomic E-state index is 4.27. The third-order valence-electron chi connectivity index (χ3n) is 1.91. The number of nitrogens with zero attached hydrogens (tertiary/aromatic N) is 3. The third kappa shape index (κ3) is 1.63. The number of nitrogens with one attached hydrogen (secondary N) is 1. The number of thiazole rings is 1. The van der Waals surface area contributed by atoms with Crippen molar-refractivity contribution in [2.45, 2.75) is 6.92 Å². The molecule has 0 aliphatic carbocycles. The van der Waals surface area contributed by atoms with Crippen LogP contribution in [0.5, 0.6) is 0 Å². The number of anilines is 1. The monoisotopic (exact) mass is 208 g/mol. The van der Waals surface area contributed by atoms with E-state index in [0.29, 0.717) is 0 Å². The second-order valence-corrected chi connectivity index (χ2v) is 3.93. The van der Waals surface area contributed by atoms with E-state index >= 15 is 0 Å². The molecular formula is C9H12N4S. The fraction of sp³-hybridized carbons (Fsp3) is 0.333. The Morgan fingerprint density at radius 1 is 1.57 bits per heavy atom. The molecule has 74 valence electrons. The van der Waals surface area contributed by atoms with Gasteiger partial charge in [0.05, 0.1) is 10.6 Å². The van der Waals surface area contributed by atoms with Gasteiger partial charge in [0.1, 0.15) is 0 Å². The average molecular weight is 208 g/mol. The quantitative estimate of drug-likeness (QED) is 0.838. The third-order valence-corrected chi connectivity index (χ3v) is 2.88. The van der Waals surface area contributed by atoms with Crippen LogP contribution in [0.15, 0.2) is 18.5 Å². The standard InChI is InChI=1S/C9H12N4S/c1-3-10-9-11-6-8(14-9)7-4-5-12-13(7)2/h4-6H,3H2,1-2H3,(H,10,11). The predicted octanol–water partition coefficient (Wildman–Crippen LogP) is 1.98. The molecule has 0 amide bonds.